The summed E-state index contributed by atoms with van der Waals surface area (Å²) in [4.78, 5) is 0. The van der Waals surface area contributed by atoms with Crippen LogP contribution < -0.4 is 0 Å². The van der Waals surface area contributed by atoms with E-state index in [-0.39, 0.29) is 13.5 Å². The lowest BCUT2D eigenvalue weighted by atomic mass is 10.2. The second-order valence-electron chi connectivity index (χ2n) is 3.77. The van der Waals surface area contributed by atoms with Crippen molar-refractivity contribution in [2.75, 3.05) is 26.4 Å². The molecule has 0 aromatic rings. The van der Waals surface area contributed by atoms with Crippen molar-refractivity contribution in [2.24, 2.45) is 0 Å². The Labute approximate surface area is 94.9 Å². The number of hydrogen-bond donors (Lipinski definition) is 0. The van der Waals surface area contributed by atoms with Gasteiger partial charge in [0.25, 0.3) is 5.92 Å². The lowest BCUT2D eigenvalue weighted by Gasteiger charge is -2.22. The van der Waals surface area contributed by atoms with E-state index in [2.05, 4.69) is 9.47 Å². The predicted octanol–water partition coefficient (Wildman–Crippen LogP) is 2.97. The van der Waals surface area contributed by atoms with Gasteiger partial charge in [0.15, 0.2) is 0 Å². The van der Waals surface area contributed by atoms with Gasteiger partial charge in [0.05, 0.1) is 13.2 Å². The summed E-state index contributed by atoms with van der Waals surface area (Å²) in [6.45, 7) is -2.49. The minimum absolute atomic E-state index is 0.0739. The zero-order valence-electron chi connectivity index (χ0n) is 9.41. The van der Waals surface area contributed by atoms with E-state index >= 15 is 0 Å². The van der Waals surface area contributed by atoms with Crippen LogP contribution in [0.2, 0.25) is 0 Å². The molecular formula is C9H14F6O2. The summed E-state index contributed by atoms with van der Waals surface area (Å²) in [6.07, 6.45) is 0. The molecule has 0 spiro atoms. The lowest BCUT2D eigenvalue weighted by Crippen LogP contribution is -2.42. The van der Waals surface area contributed by atoms with Gasteiger partial charge in [-0.3, -0.25) is 0 Å². The van der Waals surface area contributed by atoms with Gasteiger partial charge < -0.3 is 9.47 Å². The minimum Gasteiger partial charge on any atom is -0.373 e. The SMILES string of the molecule is CC(F)(F)COCCOCC(F)(F)C(C)(F)F. The van der Waals surface area contributed by atoms with Crippen molar-refractivity contribution in [1.82, 2.24) is 0 Å². The molecule has 0 aliphatic heterocycles. The van der Waals surface area contributed by atoms with Crippen molar-refractivity contribution in [3.05, 3.63) is 0 Å². The average Bonchev–Trinajstić information content (AvgIpc) is 2.07. The van der Waals surface area contributed by atoms with E-state index in [1.54, 1.807) is 0 Å². The molecule has 0 aromatic heterocycles. The Kier molecular flexibility index (Phi) is 5.73. The second-order valence-corrected chi connectivity index (χ2v) is 3.77. The van der Waals surface area contributed by atoms with E-state index in [1.165, 1.54) is 0 Å². The second kappa shape index (κ2) is 5.90. The van der Waals surface area contributed by atoms with E-state index in [1.807, 2.05) is 0 Å². The van der Waals surface area contributed by atoms with Crippen LogP contribution in [-0.2, 0) is 9.47 Å². The molecule has 0 radical (unpaired) electrons. The number of hydrogen-bond acceptors (Lipinski definition) is 2. The van der Waals surface area contributed by atoms with Crippen LogP contribution in [0, 0.1) is 0 Å². The van der Waals surface area contributed by atoms with E-state index in [4.69, 9.17) is 0 Å². The Morgan fingerprint density at radius 3 is 1.53 bits per heavy atom. The predicted molar refractivity (Wildman–Crippen MR) is 47.8 cm³/mol. The molecule has 104 valence electrons. The van der Waals surface area contributed by atoms with E-state index in [9.17, 15) is 26.3 Å². The van der Waals surface area contributed by atoms with Crippen LogP contribution in [0.25, 0.3) is 0 Å². The zero-order chi connectivity index (χ0) is 13.7. The van der Waals surface area contributed by atoms with Crippen molar-refractivity contribution in [1.29, 1.82) is 0 Å². The molecular weight excluding hydrogens is 254 g/mol. The Morgan fingerprint density at radius 1 is 0.765 bits per heavy atom. The van der Waals surface area contributed by atoms with Crippen molar-refractivity contribution in [2.45, 2.75) is 31.6 Å². The fourth-order valence-electron chi connectivity index (χ4n) is 0.696. The molecule has 17 heavy (non-hydrogen) atoms. The summed E-state index contributed by atoms with van der Waals surface area (Å²) in [7, 11) is 0. The van der Waals surface area contributed by atoms with Crippen LogP contribution >= 0.6 is 0 Å². The summed E-state index contributed by atoms with van der Waals surface area (Å²) < 4.78 is 82.7. The van der Waals surface area contributed by atoms with Gasteiger partial charge in [-0.05, 0) is 0 Å². The molecule has 0 amide bonds. The molecule has 0 aliphatic rings. The minimum atomic E-state index is -4.29. The van der Waals surface area contributed by atoms with Crippen LogP contribution in [0.1, 0.15) is 13.8 Å². The third-order valence-corrected chi connectivity index (χ3v) is 1.65. The molecule has 0 aromatic carbocycles. The highest BCUT2D eigenvalue weighted by molar-refractivity contribution is 4.79. The quantitative estimate of drug-likeness (QED) is 0.497. The van der Waals surface area contributed by atoms with Gasteiger partial charge in [0.2, 0.25) is 0 Å². The maximum absolute atomic E-state index is 12.6. The molecule has 0 bridgehead atoms. The van der Waals surface area contributed by atoms with Crippen molar-refractivity contribution < 1.29 is 35.8 Å². The first-order valence-electron chi connectivity index (χ1n) is 4.75. The van der Waals surface area contributed by atoms with Crippen LogP contribution in [0.4, 0.5) is 26.3 Å². The Morgan fingerprint density at radius 2 is 1.18 bits per heavy atom. The first-order valence-corrected chi connectivity index (χ1v) is 4.75. The van der Waals surface area contributed by atoms with E-state index in [0.717, 1.165) is 0 Å². The monoisotopic (exact) mass is 268 g/mol. The first kappa shape index (κ1) is 16.5. The maximum atomic E-state index is 12.6. The van der Waals surface area contributed by atoms with Gasteiger partial charge in [-0.15, -0.1) is 0 Å². The van der Waals surface area contributed by atoms with Crippen molar-refractivity contribution in [3.8, 4) is 0 Å². The third-order valence-electron chi connectivity index (χ3n) is 1.65. The van der Waals surface area contributed by atoms with Gasteiger partial charge in [0, 0.05) is 13.8 Å². The highest BCUT2D eigenvalue weighted by atomic mass is 19.3. The largest absolute Gasteiger partial charge is 0.373 e. The maximum Gasteiger partial charge on any atom is 0.332 e. The standard InChI is InChI=1S/C9H14F6O2/c1-7(10,11)5-16-3-4-17-6-9(14,15)8(2,12)13/h3-6H2,1-2H3. The summed E-state index contributed by atoms with van der Waals surface area (Å²) in [5.74, 6) is -11.5. The molecule has 0 fully saturated rings. The normalized spacial score (nSPS) is 14.1. The molecule has 0 rings (SSSR count). The van der Waals surface area contributed by atoms with Gasteiger partial charge in [0.1, 0.15) is 13.2 Å². The van der Waals surface area contributed by atoms with Gasteiger partial charge >= 0.3 is 11.8 Å². The van der Waals surface area contributed by atoms with Crippen molar-refractivity contribution in [3.63, 3.8) is 0 Å². The van der Waals surface area contributed by atoms with E-state index < -0.39 is 37.6 Å². The number of halogens is 6. The first-order chi connectivity index (χ1) is 7.46. The van der Waals surface area contributed by atoms with Crippen LogP contribution in [-0.4, -0.2) is 44.2 Å². The molecule has 8 heteroatoms. The summed E-state index contributed by atoms with van der Waals surface area (Å²) in [6, 6.07) is 0. The molecule has 0 aliphatic carbocycles. The summed E-state index contributed by atoms with van der Waals surface area (Å²) in [5.41, 5.74) is 0. The van der Waals surface area contributed by atoms with Crippen molar-refractivity contribution >= 4 is 0 Å². The Hall–Kier alpha value is -0.500. The Balaban J connectivity index is 3.66. The highest BCUT2D eigenvalue weighted by Gasteiger charge is 2.52. The molecule has 2 nitrogen and oxygen atoms in total. The molecule has 0 atom stereocenters. The fourth-order valence-corrected chi connectivity index (χ4v) is 0.696. The van der Waals surface area contributed by atoms with Gasteiger partial charge in [-0.25, -0.2) is 17.6 Å². The third kappa shape index (κ3) is 7.43. The highest BCUT2D eigenvalue weighted by Crippen LogP contribution is 2.33. The smallest absolute Gasteiger partial charge is 0.332 e. The van der Waals surface area contributed by atoms with E-state index in [0.29, 0.717) is 6.92 Å². The van der Waals surface area contributed by atoms with Gasteiger partial charge in [-0.2, -0.15) is 8.78 Å². The molecule has 0 saturated heterocycles. The lowest BCUT2D eigenvalue weighted by molar-refractivity contribution is -0.224. The molecule has 0 saturated carbocycles. The molecule has 0 unspecified atom stereocenters. The Bertz CT molecular complexity index is 221. The molecule has 0 heterocycles. The molecule has 0 N–H and O–H groups in total. The zero-order valence-corrected chi connectivity index (χ0v) is 9.41. The number of ether oxygens (including phenoxy) is 2. The average molecular weight is 268 g/mol. The summed E-state index contributed by atoms with van der Waals surface area (Å²) >= 11 is 0. The summed E-state index contributed by atoms with van der Waals surface area (Å²) in [5, 5.41) is 0. The number of rotatable bonds is 8. The van der Waals surface area contributed by atoms with Crippen LogP contribution in [0.3, 0.4) is 0 Å². The fraction of sp³-hybridized carbons (Fsp3) is 1.00. The number of alkyl halides is 6. The van der Waals surface area contributed by atoms with Crippen LogP contribution in [0.15, 0.2) is 0 Å². The topological polar surface area (TPSA) is 18.5 Å². The van der Waals surface area contributed by atoms with Crippen LogP contribution in [0.5, 0.6) is 0 Å². The van der Waals surface area contributed by atoms with Gasteiger partial charge in [-0.1, -0.05) is 0 Å².